The van der Waals surface area contributed by atoms with Crippen molar-refractivity contribution in [3.63, 3.8) is 0 Å². The van der Waals surface area contributed by atoms with Gasteiger partial charge in [-0.1, -0.05) is 0 Å². The van der Waals surface area contributed by atoms with E-state index in [2.05, 4.69) is 10.2 Å². The van der Waals surface area contributed by atoms with E-state index in [4.69, 9.17) is 4.74 Å². The number of rotatable bonds is 6. The molecule has 0 atom stereocenters. The van der Waals surface area contributed by atoms with E-state index in [1.807, 2.05) is 0 Å². The average Bonchev–Trinajstić information content (AvgIpc) is 2.87. The van der Waals surface area contributed by atoms with Crippen molar-refractivity contribution in [3.05, 3.63) is 39.7 Å². The van der Waals surface area contributed by atoms with Gasteiger partial charge >= 0.3 is 12.1 Å². The molecule has 1 aromatic heterocycles. The topological polar surface area (TPSA) is 100 Å². The molecule has 0 aliphatic rings. The minimum absolute atomic E-state index is 0.0267. The van der Waals surface area contributed by atoms with Crippen LogP contribution in [0.3, 0.4) is 0 Å². The molecule has 1 aromatic carbocycles. The Labute approximate surface area is 149 Å². The molecule has 26 heavy (non-hydrogen) atoms. The van der Waals surface area contributed by atoms with Gasteiger partial charge in [-0.25, -0.2) is 0 Å². The summed E-state index contributed by atoms with van der Waals surface area (Å²) in [5.41, 5.74) is -1.81. The fraction of sp³-hybridized carbons (Fsp3) is 0.357. The number of benzene rings is 1. The van der Waals surface area contributed by atoms with Gasteiger partial charge in [0.1, 0.15) is 12.2 Å². The second kappa shape index (κ2) is 7.72. The maximum atomic E-state index is 12.7. The first kappa shape index (κ1) is 19.7. The summed E-state index contributed by atoms with van der Waals surface area (Å²) in [6.45, 7) is 1.86. The van der Waals surface area contributed by atoms with Gasteiger partial charge in [-0.2, -0.15) is 13.2 Å². The fourth-order valence-corrected chi connectivity index (χ4v) is 2.84. The third-order valence-electron chi connectivity index (χ3n) is 3.22. The number of esters is 1. The third kappa shape index (κ3) is 4.50. The zero-order valence-electron chi connectivity index (χ0n) is 13.6. The van der Waals surface area contributed by atoms with Gasteiger partial charge in [-0.15, -0.1) is 10.2 Å². The van der Waals surface area contributed by atoms with Crippen LogP contribution in [-0.4, -0.2) is 32.3 Å². The number of aromatic nitrogens is 3. The van der Waals surface area contributed by atoms with Gasteiger partial charge in [0.05, 0.1) is 22.0 Å². The van der Waals surface area contributed by atoms with Crippen LogP contribution in [0.25, 0.3) is 0 Å². The number of hydrogen-bond donors (Lipinski definition) is 0. The van der Waals surface area contributed by atoms with Crippen LogP contribution < -0.4 is 0 Å². The second-order valence-corrected chi connectivity index (χ2v) is 5.99. The molecule has 1 heterocycles. The highest BCUT2D eigenvalue weighted by Crippen LogP contribution is 2.38. The molecular weight excluding hydrogens is 377 g/mol. The van der Waals surface area contributed by atoms with Crippen LogP contribution in [0.2, 0.25) is 0 Å². The summed E-state index contributed by atoms with van der Waals surface area (Å²) in [6, 6.07) is 2.23. The lowest BCUT2D eigenvalue weighted by atomic mass is 10.2. The van der Waals surface area contributed by atoms with Crippen LogP contribution in [0.5, 0.6) is 0 Å². The number of nitrogens with zero attached hydrogens (tertiary/aromatic N) is 4. The molecule has 0 saturated carbocycles. The summed E-state index contributed by atoms with van der Waals surface area (Å²) >= 11 is 0.778. The molecule has 2 aromatic rings. The molecule has 140 valence electrons. The molecule has 0 aliphatic heterocycles. The third-order valence-corrected chi connectivity index (χ3v) is 4.32. The molecule has 0 radical (unpaired) electrons. The fourth-order valence-electron chi connectivity index (χ4n) is 1.95. The Morgan fingerprint density at radius 3 is 2.65 bits per heavy atom. The number of halogens is 3. The van der Waals surface area contributed by atoms with E-state index < -0.39 is 28.3 Å². The lowest BCUT2D eigenvalue weighted by molar-refractivity contribution is -0.388. The maximum Gasteiger partial charge on any atom is 0.416 e. The number of nitro benzene ring substituents is 1. The van der Waals surface area contributed by atoms with Crippen molar-refractivity contribution in [2.45, 2.75) is 29.6 Å². The van der Waals surface area contributed by atoms with Crippen LogP contribution in [-0.2, 0) is 29.2 Å². The molecule has 0 unspecified atom stereocenters. The number of nitro groups is 1. The summed E-state index contributed by atoms with van der Waals surface area (Å²) in [5, 5.41) is 18.9. The lowest BCUT2D eigenvalue weighted by Gasteiger charge is -2.08. The summed E-state index contributed by atoms with van der Waals surface area (Å²) in [4.78, 5) is 21.7. The predicted molar refractivity (Wildman–Crippen MR) is 83.6 cm³/mol. The van der Waals surface area contributed by atoms with Crippen molar-refractivity contribution in [3.8, 4) is 0 Å². The van der Waals surface area contributed by atoms with Crippen molar-refractivity contribution >= 4 is 23.4 Å². The van der Waals surface area contributed by atoms with Gasteiger partial charge in [0, 0.05) is 13.1 Å². The summed E-state index contributed by atoms with van der Waals surface area (Å²) in [7, 11) is 1.53. The zero-order valence-corrected chi connectivity index (χ0v) is 14.4. The molecule has 0 spiro atoms. The standard InChI is InChI=1S/C14H13F3N4O4S/c1-3-25-12(22)7-11-18-19-13(20(11)2)26-10-5-4-8(14(15,16)17)6-9(10)21(23)24/h4-6H,3,7H2,1-2H3. The van der Waals surface area contributed by atoms with Crippen molar-refractivity contribution in [1.29, 1.82) is 0 Å². The molecule has 12 heteroatoms. The smallest absolute Gasteiger partial charge is 0.416 e. The number of ether oxygens (including phenoxy) is 1. The van der Waals surface area contributed by atoms with E-state index in [1.165, 1.54) is 11.6 Å². The summed E-state index contributed by atoms with van der Waals surface area (Å²) in [5.74, 6) is -0.249. The Kier molecular flexibility index (Phi) is 5.85. The van der Waals surface area contributed by atoms with Gasteiger partial charge in [-0.05, 0) is 30.8 Å². The van der Waals surface area contributed by atoms with Crippen LogP contribution in [0.1, 0.15) is 18.3 Å². The first-order valence-electron chi connectivity index (χ1n) is 7.20. The lowest BCUT2D eigenvalue weighted by Crippen LogP contribution is -2.11. The van der Waals surface area contributed by atoms with Crippen LogP contribution >= 0.6 is 11.8 Å². The molecule has 2 rings (SSSR count). The van der Waals surface area contributed by atoms with Gasteiger partial charge in [0.2, 0.25) is 0 Å². The highest BCUT2D eigenvalue weighted by atomic mass is 32.2. The maximum absolute atomic E-state index is 12.7. The van der Waals surface area contributed by atoms with Crippen LogP contribution in [0.15, 0.2) is 28.3 Å². The molecule has 0 bridgehead atoms. The summed E-state index contributed by atoms with van der Waals surface area (Å²) < 4.78 is 44.4. The van der Waals surface area contributed by atoms with E-state index in [1.54, 1.807) is 6.92 Å². The number of carbonyl (C=O) groups excluding carboxylic acids is 1. The highest BCUT2D eigenvalue weighted by Gasteiger charge is 2.33. The van der Waals surface area contributed by atoms with E-state index in [0.29, 0.717) is 6.07 Å². The molecule has 0 saturated heterocycles. The van der Waals surface area contributed by atoms with Crippen molar-refractivity contribution in [2.75, 3.05) is 6.61 Å². The summed E-state index contributed by atoms with van der Waals surface area (Å²) in [6.07, 6.45) is -4.83. The largest absolute Gasteiger partial charge is 0.466 e. The highest BCUT2D eigenvalue weighted by molar-refractivity contribution is 7.99. The van der Waals surface area contributed by atoms with E-state index in [9.17, 15) is 28.1 Å². The first-order chi connectivity index (χ1) is 12.1. The number of hydrogen-bond acceptors (Lipinski definition) is 7. The Balaban J connectivity index is 2.30. The number of carbonyl (C=O) groups is 1. The van der Waals surface area contributed by atoms with Crippen molar-refractivity contribution in [1.82, 2.24) is 14.8 Å². The Morgan fingerprint density at radius 2 is 2.08 bits per heavy atom. The zero-order chi connectivity index (χ0) is 19.5. The minimum atomic E-state index is -4.69. The van der Waals surface area contributed by atoms with Gasteiger partial charge in [0.25, 0.3) is 5.69 Å². The van der Waals surface area contributed by atoms with E-state index in [-0.39, 0.29) is 28.9 Å². The monoisotopic (exact) mass is 390 g/mol. The predicted octanol–water partition coefficient (Wildman–Crippen LogP) is 3.00. The minimum Gasteiger partial charge on any atom is -0.466 e. The molecule has 0 N–H and O–H groups in total. The molecule has 0 fully saturated rings. The average molecular weight is 390 g/mol. The van der Waals surface area contributed by atoms with E-state index in [0.717, 1.165) is 23.9 Å². The quantitative estimate of drug-likeness (QED) is 0.425. The SMILES string of the molecule is CCOC(=O)Cc1nnc(Sc2ccc(C(F)(F)F)cc2[N+](=O)[O-])n1C. The van der Waals surface area contributed by atoms with Crippen LogP contribution in [0.4, 0.5) is 18.9 Å². The first-order valence-corrected chi connectivity index (χ1v) is 8.02. The van der Waals surface area contributed by atoms with Crippen molar-refractivity contribution in [2.24, 2.45) is 7.05 Å². The van der Waals surface area contributed by atoms with Crippen LogP contribution in [0, 0.1) is 10.1 Å². The van der Waals surface area contributed by atoms with E-state index >= 15 is 0 Å². The van der Waals surface area contributed by atoms with Gasteiger partial charge in [-0.3, -0.25) is 14.9 Å². The van der Waals surface area contributed by atoms with Gasteiger partial charge in [0.15, 0.2) is 5.16 Å². The Morgan fingerprint density at radius 1 is 1.38 bits per heavy atom. The number of alkyl halides is 3. The van der Waals surface area contributed by atoms with Gasteiger partial charge < -0.3 is 9.30 Å². The molecular formula is C14H13F3N4O4S. The second-order valence-electron chi connectivity index (χ2n) is 4.98. The molecule has 8 nitrogen and oxygen atoms in total. The Hall–Kier alpha value is -2.63. The molecule has 0 amide bonds. The van der Waals surface area contributed by atoms with Crippen molar-refractivity contribution < 1.29 is 27.6 Å². The molecule has 0 aliphatic carbocycles. The Bertz CT molecular complexity index is 838. The normalized spacial score (nSPS) is 11.4.